The largest absolute Gasteiger partial charge is 0.494 e. The molecule has 1 aromatic heterocycles. The summed E-state index contributed by atoms with van der Waals surface area (Å²) < 4.78 is 50.2. The number of nitrogens with zero attached hydrogens (tertiary/aromatic N) is 2. The standard InChI is InChI=1S/C25H25FN2O6S/c1-34-24-21(15-5-9-17(10-6-15)35(32,33)27-11-3-2-4-12-27)20(26)13-18-22(24)28(16-7-8-16)14-19(23(18)29)25(30)31/h5-6,9-10,13-14,16H,2-4,7-8,11-12H2,1H3,(H,30,31). The van der Waals surface area contributed by atoms with E-state index in [1.165, 1.54) is 41.9 Å². The van der Waals surface area contributed by atoms with Gasteiger partial charge in [-0.05, 0) is 49.4 Å². The maximum atomic E-state index is 15.4. The first kappa shape index (κ1) is 23.5. The Bertz CT molecular complexity index is 1490. The number of sulfonamides is 1. The molecule has 1 saturated heterocycles. The van der Waals surface area contributed by atoms with Gasteiger partial charge in [-0.1, -0.05) is 18.6 Å². The second kappa shape index (κ2) is 8.76. The predicted octanol–water partition coefficient (Wildman–Crippen LogP) is 4.02. The third-order valence-electron chi connectivity index (χ3n) is 6.69. The maximum Gasteiger partial charge on any atom is 0.341 e. The van der Waals surface area contributed by atoms with E-state index in [0.717, 1.165) is 38.2 Å². The Balaban J connectivity index is 1.66. The van der Waals surface area contributed by atoms with E-state index in [1.54, 1.807) is 4.57 Å². The zero-order valence-corrected chi connectivity index (χ0v) is 20.0. The molecule has 0 amide bonds. The summed E-state index contributed by atoms with van der Waals surface area (Å²) in [5, 5.41) is 9.40. The minimum Gasteiger partial charge on any atom is -0.494 e. The number of pyridine rings is 1. The van der Waals surface area contributed by atoms with Crippen LogP contribution in [0.1, 0.15) is 48.5 Å². The zero-order chi connectivity index (χ0) is 24.9. The number of ether oxygens (including phenoxy) is 1. The van der Waals surface area contributed by atoms with E-state index in [0.29, 0.717) is 24.2 Å². The van der Waals surface area contributed by atoms with Gasteiger partial charge in [-0.25, -0.2) is 17.6 Å². The van der Waals surface area contributed by atoms with Crippen molar-refractivity contribution in [2.45, 2.75) is 43.0 Å². The average molecular weight is 501 g/mol. The summed E-state index contributed by atoms with van der Waals surface area (Å²) in [6.07, 6.45) is 5.55. The Morgan fingerprint density at radius 2 is 1.77 bits per heavy atom. The summed E-state index contributed by atoms with van der Waals surface area (Å²) in [5.41, 5.74) is -0.414. The number of piperidine rings is 1. The molecule has 3 aromatic rings. The molecule has 2 aromatic carbocycles. The number of hydrogen-bond acceptors (Lipinski definition) is 5. The van der Waals surface area contributed by atoms with Crippen molar-refractivity contribution in [1.82, 2.24) is 8.87 Å². The van der Waals surface area contributed by atoms with Crippen LogP contribution in [0, 0.1) is 5.82 Å². The quantitative estimate of drug-likeness (QED) is 0.548. The molecule has 2 fully saturated rings. The molecule has 0 radical (unpaired) electrons. The number of methoxy groups -OCH3 is 1. The van der Waals surface area contributed by atoms with Crippen LogP contribution in [-0.4, -0.2) is 48.6 Å². The van der Waals surface area contributed by atoms with Crippen molar-refractivity contribution in [2.24, 2.45) is 0 Å². The van der Waals surface area contributed by atoms with Gasteiger partial charge >= 0.3 is 5.97 Å². The molecule has 1 saturated carbocycles. The van der Waals surface area contributed by atoms with E-state index < -0.39 is 32.8 Å². The smallest absolute Gasteiger partial charge is 0.341 e. The minimum atomic E-state index is -3.64. The van der Waals surface area contributed by atoms with Crippen LogP contribution in [0.3, 0.4) is 0 Å². The Hall–Kier alpha value is -3.24. The molecule has 1 aliphatic heterocycles. The molecule has 0 bridgehead atoms. The van der Waals surface area contributed by atoms with Crippen molar-refractivity contribution < 1.29 is 27.4 Å². The highest BCUT2D eigenvalue weighted by molar-refractivity contribution is 7.89. The van der Waals surface area contributed by atoms with Crippen LogP contribution in [-0.2, 0) is 10.0 Å². The van der Waals surface area contributed by atoms with Gasteiger partial charge in [0.05, 0.1) is 28.5 Å². The average Bonchev–Trinajstić information content (AvgIpc) is 3.70. The number of carboxylic acids is 1. The van der Waals surface area contributed by atoms with E-state index in [9.17, 15) is 23.1 Å². The molecular formula is C25H25FN2O6S. The van der Waals surface area contributed by atoms with Gasteiger partial charge < -0.3 is 14.4 Å². The lowest BCUT2D eigenvalue weighted by Crippen LogP contribution is -2.35. The van der Waals surface area contributed by atoms with Crippen molar-refractivity contribution in [3.63, 3.8) is 0 Å². The van der Waals surface area contributed by atoms with Gasteiger partial charge in [0.2, 0.25) is 15.5 Å². The zero-order valence-electron chi connectivity index (χ0n) is 19.2. The summed E-state index contributed by atoms with van der Waals surface area (Å²) in [7, 11) is -2.28. The van der Waals surface area contributed by atoms with Crippen molar-refractivity contribution >= 4 is 26.9 Å². The molecule has 0 atom stereocenters. The lowest BCUT2D eigenvalue weighted by molar-refractivity contribution is 0.0694. The number of rotatable bonds is 6. The number of carboxylic acid groups (broad SMARTS) is 1. The Morgan fingerprint density at radius 3 is 2.34 bits per heavy atom. The van der Waals surface area contributed by atoms with Crippen molar-refractivity contribution in [3.05, 3.63) is 58.1 Å². The third kappa shape index (κ3) is 4.00. The van der Waals surface area contributed by atoms with Crippen LogP contribution < -0.4 is 10.2 Å². The second-order valence-corrected chi connectivity index (χ2v) is 10.9. The first-order chi connectivity index (χ1) is 16.7. The Kier molecular flexibility index (Phi) is 5.88. The molecule has 35 heavy (non-hydrogen) atoms. The second-order valence-electron chi connectivity index (χ2n) is 8.97. The highest BCUT2D eigenvalue weighted by atomic mass is 32.2. The minimum absolute atomic E-state index is 0.0135. The monoisotopic (exact) mass is 500 g/mol. The van der Waals surface area contributed by atoms with Gasteiger partial charge in [-0.2, -0.15) is 4.31 Å². The molecule has 10 heteroatoms. The molecule has 8 nitrogen and oxygen atoms in total. The Labute approximate surface area is 201 Å². The predicted molar refractivity (Wildman–Crippen MR) is 128 cm³/mol. The number of halogens is 1. The van der Waals surface area contributed by atoms with Gasteiger partial charge in [0.25, 0.3) is 0 Å². The molecule has 184 valence electrons. The fourth-order valence-electron chi connectivity index (χ4n) is 4.76. The van der Waals surface area contributed by atoms with Gasteiger partial charge in [-0.3, -0.25) is 4.79 Å². The first-order valence-electron chi connectivity index (χ1n) is 11.5. The highest BCUT2D eigenvalue weighted by Gasteiger charge is 2.31. The topological polar surface area (TPSA) is 106 Å². The van der Waals surface area contributed by atoms with Crippen LogP contribution in [0.5, 0.6) is 5.75 Å². The number of hydrogen-bond donors (Lipinski definition) is 1. The summed E-state index contributed by atoms with van der Waals surface area (Å²) in [4.78, 5) is 24.6. The number of aromatic nitrogens is 1. The van der Waals surface area contributed by atoms with Gasteiger partial charge in [0, 0.05) is 25.3 Å². The maximum absolute atomic E-state index is 15.4. The molecule has 2 aliphatic rings. The van der Waals surface area contributed by atoms with E-state index >= 15 is 4.39 Å². The van der Waals surface area contributed by atoms with E-state index in [2.05, 4.69) is 0 Å². The molecule has 2 heterocycles. The molecule has 1 aliphatic carbocycles. The van der Waals surface area contributed by atoms with Crippen LogP contribution in [0.2, 0.25) is 0 Å². The van der Waals surface area contributed by atoms with Crippen LogP contribution in [0.25, 0.3) is 22.0 Å². The van der Waals surface area contributed by atoms with Crippen LogP contribution in [0.15, 0.2) is 46.2 Å². The number of aromatic carboxylic acids is 1. The summed E-state index contributed by atoms with van der Waals surface area (Å²) >= 11 is 0. The van der Waals surface area contributed by atoms with Crippen molar-refractivity contribution in [3.8, 4) is 16.9 Å². The lowest BCUT2D eigenvalue weighted by atomic mass is 10.00. The molecule has 0 unspecified atom stereocenters. The van der Waals surface area contributed by atoms with Crippen LogP contribution >= 0.6 is 0 Å². The first-order valence-corrected chi connectivity index (χ1v) is 13.0. The fraction of sp³-hybridized carbons (Fsp3) is 0.360. The number of carbonyl (C=O) groups is 1. The fourth-order valence-corrected chi connectivity index (χ4v) is 6.28. The number of fused-ring (bicyclic) bond motifs is 1. The highest BCUT2D eigenvalue weighted by Crippen LogP contribution is 2.43. The van der Waals surface area contributed by atoms with Gasteiger partial charge in [0.1, 0.15) is 11.4 Å². The molecular weight excluding hydrogens is 475 g/mol. The third-order valence-corrected chi connectivity index (χ3v) is 8.61. The lowest BCUT2D eigenvalue weighted by Gasteiger charge is -2.26. The number of benzene rings is 2. The summed E-state index contributed by atoms with van der Waals surface area (Å²) in [5.74, 6) is -2.03. The van der Waals surface area contributed by atoms with Crippen molar-refractivity contribution in [1.29, 1.82) is 0 Å². The molecule has 5 rings (SSSR count). The van der Waals surface area contributed by atoms with Crippen LogP contribution in [0.4, 0.5) is 4.39 Å². The van der Waals surface area contributed by atoms with E-state index in [1.807, 2.05) is 0 Å². The SMILES string of the molecule is COc1c(-c2ccc(S(=O)(=O)N3CCCCC3)cc2)c(F)cc2c(=O)c(C(=O)O)cn(C3CC3)c12. The molecule has 1 N–H and O–H groups in total. The Morgan fingerprint density at radius 1 is 1.11 bits per heavy atom. The summed E-state index contributed by atoms with van der Waals surface area (Å²) in [6.45, 7) is 0.961. The van der Waals surface area contributed by atoms with Crippen molar-refractivity contribution in [2.75, 3.05) is 20.2 Å². The van der Waals surface area contributed by atoms with Gasteiger partial charge in [-0.15, -0.1) is 0 Å². The van der Waals surface area contributed by atoms with Gasteiger partial charge in [0.15, 0.2) is 5.75 Å². The summed E-state index contributed by atoms with van der Waals surface area (Å²) in [6, 6.07) is 6.97. The normalized spacial score (nSPS) is 17.0. The van der Waals surface area contributed by atoms with E-state index in [4.69, 9.17) is 4.74 Å². The van der Waals surface area contributed by atoms with E-state index in [-0.39, 0.29) is 27.6 Å². The molecule has 0 spiro atoms.